The molecule has 0 atom stereocenters. The second kappa shape index (κ2) is 12.6. The van der Waals surface area contributed by atoms with Gasteiger partial charge in [-0.3, -0.25) is 14.3 Å². The largest absolute Gasteiger partial charge is 0.497 e. The molecule has 0 saturated carbocycles. The Morgan fingerprint density at radius 2 is 1.66 bits per heavy atom. The Balaban J connectivity index is 1.46. The van der Waals surface area contributed by atoms with Gasteiger partial charge in [-0.2, -0.15) is 18.3 Å². The van der Waals surface area contributed by atoms with Crippen molar-refractivity contribution >= 4 is 22.6 Å². The van der Waals surface area contributed by atoms with Gasteiger partial charge in [0, 0.05) is 29.8 Å². The molecule has 0 radical (unpaired) electrons. The summed E-state index contributed by atoms with van der Waals surface area (Å²) in [5, 5.41) is 17.7. The van der Waals surface area contributed by atoms with Gasteiger partial charge in [0.2, 0.25) is 0 Å². The predicted octanol–water partition coefficient (Wildman–Crippen LogP) is 6.98. The fraction of sp³-hybridized carbons (Fsp3) is 0.182. The summed E-state index contributed by atoms with van der Waals surface area (Å²) >= 11 is 0. The molecule has 0 fully saturated rings. The lowest BCUT2D eigenvalue weighted by Gasteiger charge is -2.10. The van der Waals surface area contributed by atoms with Gasteiger partial charge in [0.05, 0.1) is 30.5 Å². The molecule has 1 heterocycles. The van der Waals surface area contributed by atoms with Gasteiger partial charge in [-0.05, 0) is 77.4 Å². The van der Waals surface area contributed by atoms with Crippen molar-refractivity contribution in [3.05, 3.63) is 107 Å². The number of ether oxygens (including phenoxy) is 1. The second-order valence-electron chi connectivity index (χ2n) is 10.1. The SMILES string of the molecule is COc1ccc2cc(-c3cc(-c4cc(C(F)(F)F)ccc4F)nn3CCc3ccc(C(=O)NCCC(=O)O)cc3)ccc2c1. The van der Waals surface area contributed by atoms with Crippen LogP contribution >= 0.6 is 0 Å². The highest BCUT2D eigenvalue weighted by molar-refractivity contribution is 5.94. The molecule has 0 spiro atoms. The number of amides is 1. The van der Waals surface area contributed by atoms with Crippen molar-refractivity contribution < 1.29 is 37.0 Å². The van der Waals surface area contributed by atoms with E-state index in [4.69, 9.17) is 9.84 Å². The van der Waals surface area contributed by atoms with Crippen molar-refractivity contribution in [2.45, 2.75) is 25.6 Å². The van der Waals surface area contributed by atoms with E-state index in [-0.39, 0.29) is 24.2 Å². The van der Waals surface area contributed by atoms with Crippen molar-refractivity contribution in [3.8, 4) is 28.3 Å². The lowest BCUT2D eigenvalue weighted by atomic mass is 10.0. The number of aliphatic carboxylic acids is 1. The summed E-state index contributed by atoms with van der Waals surface area (Å²) in [6, 6.07) is 21.9. The first-order chi connectivity index (χ1) is 21.0. The molecule has 226 valence electrons. The fourth-order valence-electron chi connectivity index (χ4n) is 4.80. The molecule has 0 aliphatic carbocycles. The minimum absolute atomic E-state index is 0.00904. The molecule has 44 heavy (non-hydrogen) atoms. The number of hydrogen-bond acceptors (Lipinski definition) is 4. The summed E-state index contributed by atoms with van der Waals surface area (Å²) in [6.45, 7) is 0.315. The molecule has 7 nitrogen and oxygen atoms in total. The molecule has 5 aromatic rings. The van der Waals surface area contributed by atoms with E-state index in [1.807, 2.05) is 36.4 Å². The van der Waals surface area contributed by atoms with Crippen molar-refractivity contribution in [3.63, 3.8) is 0 Å². The van der Waals surface area contributed by atoms with Crippen molar-refractivity contribution in [2.75, 3.05) is 13.7 Å². The standard InChI is InChI=1S/C33H27F4N3O4/c1-44-26-10-8-22-16-24(7-6-23(22)17-26)30-19-29(27-18-25(33(35,36)37)9-11-28(27)34)39-40(30)15-13-20-2-4-21(5-3-20)32(43)38-14-12-31(41)42/h2-11,16-19H,12-15H2,1H3,(H,38,43)(H,41,42). The van der Waals surface area contributed by atoms with Crippen LogP contribution in [0.2, 0.25) is 0 Å². The number of halogens is 4. The van der Waals surface area contributed by atoms with E-state index in [2.05, 4.69) is 10.4 Å². The monoisotopic (exact) mass is 605 g/mol. The predicted molar refractivity (Wildman–Crippen MR) is 157 cm³/mol. The van der Waals surface area contributed by atoms with E-state index >= 15 is 0 Å². The zero-order valence-corrected chi connectivity index (χ0v) is 23.5. The lowest BCUT2D eigenvalue weighted by molar-refractivity contribution is -0.138. The Labute approximate surface area is 249 Å². The van der Waals surface area contributed by atoms with Crippen LogP contribution in [-0.4, -0.2) is 40.4 Å². The van der Waals surface area contributed by atoms with Crippen LogP contribution < -0.4 is 10.1 Å². The number of nitrogens with one attached hydrogen (secondary N) is 1. The van der Waals surface area contributed by atoms with Gasteiger partial charge >= 0.3 is 12.1 Å². The van der Waals surface area contributed by atoms with Gasteiger partial charge in [-0.1, -0.05) is 30.3 Å². The van der Waals surface area contributed by atoms with Crippen molar-refractivity contribution in [1.82, 2.24) is 15.1 Å². The molecule has 0 saturated heterocycles. The topological polar surface area (TPSA) is 93.5 Å². The lowest BCUT2D eigenvalue weighted by Crippen LogP contribution is -2.25. The van der Waals surface area contributed by atoms with Crippen LogP contribution in [0.4, 0.5) is 17.6 Å². The maximum absolute atomic E-state index is 14.8. The van der Waals surface area contributed by atoms with Crippen LogP contribution in [0, 0.1) is 5.82 Å². The maximum atomic E-state index is 14.8. The number of aromatic nitrogens is 2. The molecular formula is C33H27F4N3O4. The molecule has 0 aliphatic heterocycles. The van der Waals surface area contributed by atoms with E-state index in [9.17, 15) is 27.2 Å². The van der Waals surface area contributed by atoms with Crippen LogP contribution in [0.15, 0.2) is 84.9 Å². The van der Waals surface area contributed by atoms with Crippen molar-refractivity contribution in [1.29, 1.82) is 0 Å². The van der Waals surface area contributed by atoms with Crippen LogP contribution in [0.5, 0.6) is 5.75 Å². The summed E-state index contributed by atoms with van der Waals surface area (Å²) in [7, 11) is 1.58. The highest BCUT2D eigenvalue weighted by Crippen LogP contribution is 2.35. The van der Waals surface area contributed by atoms with E-state index in [1.54, 1.807) is 42.1 Å². The van der Waals surface area contributed by atoms with Crippen LogP contribution in [0.25, 0.3) is 33.3 Å². The average molecular weight is 606 g/mol. The van der Waals surface area contributed by atoms with Gasteiger partial charge in [-0.15, -0.1) is 0 Å². The maximum Gasteiger partial charge on any atom is 0.416 e. The van der Waals surface area contributed by atoms with Gasteiger partial charge in [0.1, 0.15) is 11.6 Å². The summed E-state index contributed by atoms with van der Waals surface area (Å²) in [4.78, 5) is 22.9. The first-order valence-corrected chi connectivity index (χ1v) is 13.6. The Bertz CT molecular complexity index is 1830. The highest BCUT2D eigenvalue weighted by Gasteiger charge is 2.31. The molecule has 11 heteroatoms. The Morgan fingerprint density at radius 3 is 2.36 bits per heavy atom. The first-order valence-electron chi connectivity index (χ1n) is 13.6. The van der Waals surface area contributed by atoms with Gasteiger partial charge < -0.3 is 15.2 Å². The fourth-order valence-corrected chi connectivity index (χ4v) is 4.80. The third-order valence-corrected chi connectivity index (χ3v) is 7.15. The zero-order valence-electron chi connectivity index (χ0n) is 23.5. The van der Waals surface area contributed by atoms with E-state index in [1.165, 1.54) is 0 Å². The number of aryl methyl sites for hydroxylation is 2. The molecule has 2 N–H and O–H groups in total. The van der Waals surface area contributed by atoms with E-state index in [0.29, 0.717) is 36.0 Å². The van der Waals surface area contributed by atoms with Gasteiger partial charge in [-0.25, -0.2) is 4.39 Å². The number of carbonyl (C=O) groups excluding carboxylic acids is 1. The number of benzene rings is 4. The quantitative estimate of drug-likeness (QED) is 0.168. The Hall–Kier alpha value is -5.19. The number of fused-ring (bicyclic) bond motifs is 1. The average Bonchev–Trinajstić information content (AvgIpc) is 3.43. The molecule has 0 unspecified atom stereocenters. The van der Waals surface area contributed by atoms with Crippen LogP contribution in [0.1, 0.15) is 27.9 Å². The summed E-state index contributed by atoms with van der Waals surface area (Å²) in [6.07, 6.45) is -4.38. The Morgan fingerprint density at radius 1 is 0.932 bits per heavy atom. The van der Waals surface area contributed by atoms with Crippen LogP contribution in [0.3, 0.4) is 0 Å². The third-order valence-electron chi connectivity index (χ3n) is 7.15. The smallest absolute Gasteiger partial charge is 0.416 e. The molecule has 4 aromatic carbocycles. The molecular weight excluding hydrogens is 578 g/mol. The number of hydrogen-bond donors (Lipinski definition) is 2. The minimum atomic E-state index is -4.65. The number of carboxylic acids is 1. The number of rotatable bonds is 10. The van der Waals surface area contributed by atoms with Crippen molar-refractivity contribution in [2.24, 2.45) is 0 Å². The van der Waals surface area contributed by atoms with Crippen LogP contribution in [-0.2, 0) is 23.9 Å². The molecule has 5 rings (SSSR count). The molecule has 1 amide bonds. The number of carboxylic acid groups (broad SMARTS) is 1. The van der Waals surface area contributed by atoms with E-state index in [0.717, 1.165) is 34.0 Å². The normalized spacial score (nSPS) is 11.5. The highest BCUT2D eigenvalue weighted by atomic mass is 19.4. The second-order valence-corrected chi connectivity index (χ2v) is 10.1. The number of alkyl halides is 3. The molecule has 0 bridgehead atoms. The summed E-state index contributed by atoms with van der Waals surface area (Å²) in [5.41, 5.74) is 1.37. The summed E-state index contributed by atoms with van der Waals surface area (Å²) < 4.78 is 62.1. The zero-order chi connectivity index (χ0) is 31.4. The van der Waals surface area contributed by atoms with Gasteiger partial charge in [0.25, 0.3) is 5.91 Å². The number of nitrogens with zero attached hydrogens (tertiary/aromatic N) is 2. The van der Waals surface area contributed by atoms with E-state index < -0.39 is 29.4 Å². The molecule has 0 aliphatic rings. The minimum Gasteiger partial charge on any atom is -0.497 e. The molecule has 1 aromatic heterocycles. The number of methoxy groups -OCH3 is 1. The third kappa shape index (κ3) is 6.88. The Kier molecular flexibility index (Phi) is 8.66. The van der Waals surface area contributed by atoms with Gasteiger partial charge in [0.15, 0.2) is 0 Å². The first kappa shape index (κ1) is 30.3. The number of carbonyl (C=O) groups is 2. The summed E-state index contributed by atoms with van der Waals surface area (Å²) in [5.74, 6) is -1.53.